The Bertz CT molecular complexity index is 877. The number of nitrogens with one attached hydrogen (secondary N) is 2. The molecule has 1 atom stereocenters. The number of benzene rings is 1. The van der Waals surface area contributed by atoms with Crippen molar-refractivity contribution in [3.8, 4) is 0 Å². The summed E-state index contributed by atoms with van der Waals surface area (Å²) < 4.78 is 26.8. The number of fused-ring (bicyclic) bond motifs is 1. The van der Waals surface area contributed by atoms with E-state index in [-0.39, 0.29) is 31.3 Å². The fourth-order valence-electron chi connectivity index (χ4n) is 3.65. The Kier molecular flexibility index (Phi) is 4.97. The van der Waals surface area contributed by atoms with Crippen LogP contribution in [0.3, 0.4) is 0 Å². The average molecular weight is 377 g/mol. The van der Waals surface area contributed by atoms with Crippen molar-refractivity contribution in [1.29, 1.82) is 0 Å². The van der Waals surface area contributed by atoms with Crippen molar-refractivity contribution in [3.05, 3.63) is 35.5 Å². The molecule has 2 N–H and O–H groups in total. The third kappa shape index (κ3) is 3.55. The molecule has 1 unspecified atom stereocenters. The van der Waals surface area contributed by atoms with E-state index in [0.717, 1.165) is 16.5 Å². The van der Waals surface area contributed by atoms with E-state index in [2.05, 4.69) is 10.3 Å². The van der Waals surface area contributed by atoms with Gasteiger partial charge in [-0.25, -0.2) is 8.78 Å². The van der Waals surface area contributed by atoms with E-state index >= 15 is 0 Å². The SMILES string of the molecule is CC.Cc1ccc2[nH]c(C(=O)NCC(=O)N3CCC4(C3)CC4(F)F)cc2c1. The van der Waals surface area contributed by atoms with Crippen molar-refractivity contribution in [2.75, 3.05) is 19.6 Å². The summed E-state index contributed by atoms with van der Waals surface area (Å²) >= 11 is 0. The number of aromatic amines is 1. The molecule has 5 nitrogen and oxygen atoms in total. The molecule has 1 spiro atoms. The van der Waals surface area contributed by atoms with E-state index in [1.807, 2.05) is 39.0 Å². The number of amides is 2. The van der Waals surface area contributed by atoms with Gasteiger partial charge in [0.25, 0.3) is 11.8 Å². The van der Waals surface area contributed by atoms with Gasteiger partial charge in [0.05, 0.1) is 12.0 Å². The van der Waals surface area contributed by atoms with Crippen LogP contribution in [0, 0.1) is 12.3 Å². The van der Waals surface area contributed by atoms with Crippen LogP contribution < -0.4 is 5.32 Å². The molecule has 4 rings (SSSR count). The van der Waals surface area contributed by atoms with E-state index < -0.39 is 11.3 Å². The fraction of sp³-hybridized carbons (Fsp3) is 0.500. The number of aromatic nitrogens is 1. The van der Waals surface area contributed by atoms with Gasteiger partial charge in [-0.2, -0.15) is 0 Å². The van der Waals surface area contributed by atoms with Gasteiger partial charge in [-0.1, -0.05) is 25.5 Å². The Morgan fingerprint density at radius 2 is 1.96 bits per heavy atom. The maximum atomic E-state index is 13.4. The molecule has 1 aliphatic heterocycles. The first-order valence-corrected chi connectivity index (χ1v) is 9.33. The van der Waals surface area contributed by atoms with Gasteiger partial charge in [-0.3, -0.25) is 9.59 Å². The lowest BCUT2D eigenvalue weighted by Gasteiger charge is -2.16. The molecule has 1 aliphatic carbocycles. The second-order valence-corrected chi connectivity index (χ2v) is 7.18. The van der Waals surface area contributed by atoms with Gasteiger partial charge in [0, 0.05) is 30.4 Å². The van der Waals surface area contributed by atoms with Crippen LogP contribution >= 0.6 is 0 Å². The molecule has 2 aliphatic rings. The first-order chi connectivity index (χ1) is 12.8. The zero-order valence-electron chi connectivity index (χ0n) is 15.9. The van der Waals surface area contributed by atoms with Crippen molar-refractivity contribution < 1.29 is 18.4 Å². The Morgan fingerprint density at radius 1 is 1.26 bits per heavy atom. The number of nitrogens with zero attached hydrogens (tertiary/aromatic N) is 1. The maximum Gasteiger partial charge on any atom is 0.268 e. The number of H-pyrrole nitrogens is 1. The molecule has 1 aromatic carbocycles. The summed E-state index contributed by atoms with van der Waals surface area (Å²) in [6.07, 6.45) is 0.200. The van der Waals surface area contributed by atoms with Gasteiger partial charge in [0.15, 0.2) is 0 Å². The van der Waals surface area contributed by atoms with Gasteiger partial charge in [0.1, 0.15) is 5.69 Å². The Morgan fingerprint density at radius 3 is 2.59 bits per heavy atom. The van der Waals surface area contributed by atoms with Crippen molar-refractivity contribution in [2.24, 2.45) is 5.41 Å². The molecule has 1 saturated heterocycles. The molecule has 7 heteroatoms. The van der Waals surface area contributed by atoms with Gasteiger partial charge >= 0.3 is 0 Å². The molecule has 0 bridgehead atoms. The van der Waals surface area contributed by atoms with Crippen LogP contribution in [0.15, 0.2) is 24.3 Å². The lowest BCUT2D eigenvalue weighted by molar-refractivity contribution is -0.129. The monoisotopic (exact) mass is 377 g/mol. The summed E-state index contributed by atoms with van der Waals surface area (Å²) in [7, 11) is 0. The fourth-order valence-corrected chi connectivity index (χ4v) is 3.65. The summed E-state index contributed by atoms with van der Waals surface area (Å²) in [6.45, 7) is 6.20. The number of alkyl halides is 2. The molecule has 1 saturated carbocycles. The van der Waals surface area contributed by atoms with Crippen molar-refractivity contribution in [2.45, 2.75) is 39.5 Å². The lowest BCUT2D eigenvalue weighted by atomic mass is 10.1. The van der Waals surface area contributed by atoms with E-state index in [0.29, 0.717) is 18.7 Å². The lowest BCUT2D eigenvalue weighted by Crippen LogP contribution is -2.39. The highest BCUT2D eigenvalue weighted by Gasteiger charge is 2.72. The standard InChI is InChI=1S/C18H19F2N3O2.C2H6/c1-11-2-3-13-12(6-11)7-14(22-13)16(25)21-8-15(24)23-5-4-17(10-23)9-18(17,19)20;1-2/h2-3,6-7,22H,4-5,8-10H2,1H3,(H,21,25);1-2H3. The van der Waals surface area contributed by atoms with Crippen molar-refractivity contribution in [1.82, 2.24) is 15.2 Å². The van der Waals surface area contributed by atoms with Crippen LogP contribution in [-0.4, -0.2) is 47.3 Å². The third-order valence-electron chi connectivity index (χ3n) is 5.34. The minimum Gasteiger partial charge on any atom is -0.351 e. The minimum atomic E-state index is -2.65. The molecular weight excluding hydrogens is 352 g/mol. The average Bonchev–Trinajstić information content (AvgIpc) is 3.03. The van der Waals surface area contributed by atoms with Crippen LogP contribution in [0.4, 0.5) is 8.78 Å². The van der Waals surface area contributed by atoms with Gasteiger partial charge in [-0.15, -0.1) is 0 Å². The number of likely N-dealkylation sites (tertiary alicyclic amines) is 1. The zero-order valence-corrected chi connectivity index (χ0v) is 15.9. The van der Waals surface area contributed by atoms with Crippen LogP contribution in [-0.2, 0) is 4.79 Å². The number of hydrogen-bond donors (Lipinski definition) is 2. The number of carbonyl (C=O) groups excluding carboxylic acids is 2. The normalized spacial score (nSPS) is 22.5. The number of carbonyl (C=O) groups is 2. The minimum absolute atomic E-state index is 0.0837. The van der Waals surface area contributed by atoms with Gasteiger partial charge in [-0.05, 0) is 31.5 Å². The molecule has 2 aromatic rings. The highest BCUT2D eigenvalue weighted by Crippen LogP contribution is 2.64. The van der Waals surface area contributed by atoms with Crippen molar-refractivity contribution >= 4 is 22.7 Å². The first-order valence-electron chi connectivity index (χ1n) is 9.33. The second-order valence-electron chi connectivity index (χ2n) is 7.18. The van der Waals surface area contributed by atoms with Gasteiger partial charge in [0.2, 0.25) is 5.91 Å². The van der Waals surface area contributed by atoms with Crippen LogP contribution in [0.2, 0.25) is 0 Å². The summed E-state index contributed by atoms with van der Waals surface area (Å²) in [4.78, 5) is 28.8. The number of rotatable bonds is 3. The highest BCUT2D eigenvalue weighted by atomic mass is 19.3. The van der Waals surface area contributed by atoms with E-state index in [1.54, 1.807) is 6.07 Å². The topological polar surface area (TPSA) is 65.2 Å². The Labute approximate surface area is 157 Å². The Balaban J connectivity index is 0.00000102. The van der Waals surface area contributed by atoms with Crippen LogP contribution in [0.25, 0.3) is 10.9 Å². The predicted octanol–water partition coefficient (Wildman–Crippen LogP) is 3.49. The summed E-state index contributed by atoms with van der Waals surface area (Å²) in [6, 6.07) is 7.54. The zero-order chi connectivity index (χ0) is 19.8. The first kappa shape index (κ1) is 19.3. The molecule has 27 heavy (non-hydrogen) atoms. The summed E-state index contributed by atoms with van der Waals surface area (Å²) in [5, 5.41) is 3.50. The van der Waals surface area contributed by atoms with Gasteiger partial charge < -0.3 is 15.2 Å². The Hall–Kier alpha value is -2.44. The second kappa shape index (κ2) is 6.94. The predicted molar refractivity (Wildman–Crippen MR) is 99.9 cm³/mol. The molecule has 146 valence electrons. The number of hydrogen-bond acceptors (Lipinski definition) is 2. The molecule has 2 fully saturated rings. The van der Waals surface area contributed by atoms with E-state index in [1.165, 1.54) is 4.90 Å². The summed E-state index contributed by atoms with van der Waals surface area (Å²) in [5.41, 5.74) is 1.30. The highest BCUT2D eigenvalue weighted by molar-refractivity contribution is 5.99. The molecule has 1 aromatic heterocycles. The van der Waals surface area contributed by atoms with E-state index in [4.69, 9.17) is 0 Å². The summed E-state index contributed by atoms with van der Waals surface area (Å²) in [5.74, 6) is -3.35. The van der Waals surface area contributed by atoms with E-state index in [9.17, 15) is 18.4 Å². The van der Waals surface area contributed by atoms with Crippen LogP contribution in [0.5, 0.6) is 0 Å². The molecule has 2 amide bonds. The molecule has 0 radical (unpaired) electrons. The molecular formula is C20H25F2N3O2. The third-order valence-corrected chi connectivity index (χ3v) is 5.34. The largest absolute Gasteiger partial charge is 0.351 e. The van der Waals surface area contributed by atoms with Crippen molar-refractivity contribution in [3.63, 3.8) is 0 Å². The maximum absolute atomic E-state index is 13.4. The molecule has 2 heterocycles. The number of halogens is 2. The number of aryl methyl sites for hydroxylation is 1. The quantitative estimate of drug-likeness (QED) is 0.860. The van der Waals surface area contributed by atoms with Crippen LogP contribution in [0.1, 0.15) is 42.7 Å². The smallest absolute Gasteiger partial charge is 0.268 e.